The summed E-state index contributed by atoms with van der Waals surface area (Å²) in [6.45, 7) is 12.7. The van der Waals surface area contributed by atoms with Gasteiger partial charge in [-0.1, -0.05) is 12.8 Å². The lowest BCUT2D eigenvalue weighted by Gasteiger charge is -2.22. The van der Waals surface area contributed by atoms with E-state index in [-0.39, 0.29) is 0 Å². The van der Waals surface area contributed by atoms with Crippen molar-refractivity contribution in [3.8, 4) is 0 Å². The third-order valence-corrected chi connectivity index (χ3v) is 4.02. The van der Waals surface area contributed by atoms with Gasteiger partial charge in [0.15, 0.2) is 0 Å². The van der Waals surface area contributed by atoms with E-state index in [0.717, 1.165) is 58.5 Å². The molecule has 20 heavy (non-hydrogen) atoms. The van der Waals surface area contributed by atoms with Crippen molar-refractivity contribution in [2.45, 2.75) is 39.5 Å². The first-order valence-corrected chi connectivity index (χ1v) is 8.45. The largest absolute Gasteiger partial charge is 0.380 e. The van der Waals surface area contributed by atoms with Gasteiger partial charge in [0.1, 0.15) is 0 Å². The Morgan fingerprint density at radius 2 is 1.55 bits per heavy atom. The van der Waals surface area contributed by atoms with E-state index < -0.39 is 0 Å². The van der Waals surface area contributed by atoms with E-state index in [9.17, 15) is 0 Å². The Kier molecular flexibility index (Phi) is 11.2. The van der Waals surface area contributed by atoms with Crippen molar-refractivity contribution < 1.29 is 9.47 Å². The van der Waals surface area contributed by atoms with Gasteiger partial charge in [0.2, 0.25) is 0 Å². The quantitative estimate of drug-likeness (QED) is 0.526. The molecule has 0 saturated heterocycles. The highest BCUT2D eigenvalue weighted by molar-refractivity contribution is 4.70. The topological polar surface area (TPSA) is 33.7 Å². The lowest BCUT2D eigenvalue weighted by Crippen LogP contribution is -2.37. The molecule has 4 nitrogen and oxygen atoms in total. The smallest absolute Gasteiger partial charge is 0.0593 e. The Hall–Kier alpha value is -0.160. The van der Waals surface area contributed by atoms with Crippen molar-refractivity contribution in [2.24, 2.45) is 5.92 Å². The van der Waals surface area contributed by atoms with Crippen LogP contribution in [0.1, 0.15) is 39.5 Å². The summed E-state index contributed by atoms with van der Waals surface area (Å²) < 4.78 is 10.9. The van der Waals surface area contributed by atoms with Crippen molar-refractivity contribution in [1.29, 1.82) is 0 Å². The summed E-state index contributed by atoms with van der Waals surface area (Å²) in [6, 6.07) is 0. The molecule has 0 amide bonds. The van der Waals surface area contributed by atoms with Crippen LogP contribution in [0, 0.1) is 5.92 Å². The Bertz CT molecular complexity index is 199. The predicted octanol–water partition coefficient (Wildman–Crippen LogP) is 2.14. The second-order valence-corrected chi connectivity index (χ2v) is 5.59. The third-order valence-electron chi connectivity index (χ3n) is 4.02. The highest BCUT2D eigenvalue weighted by Gasteiger charge is 2.14. The van der Waals surface area contributed by atoms with Crippen LogP contribution in [-0.2, 0) is 9.47 Å². The minimum absolute atomic E-state index is 0.805. The summed E-state index contributed by atoms with van der Waals surface area (Å²) in [5.41, 5.74) is 0. The first-order valence-electron chi connectivity index (χ1n) is 8.45. The molecule has 0 bridgehead atoms. The van der Waals surface area contributed by atoms with Gasteiger partial charge in [-0.05, 0) is 39.2 Å². The van der Waals surface area contributed by atoms with Crippen LogP contribution in [0.5, 0.6) is 0 Å². The molecule has 0 unspecified atom stereocenters. The molecule has 1 aliphatic carbocycles. The zero-order valence-electron chi connectivity index (χ0n) is 13.5. The second-order valence-electron chi connectivity index (χ2n) is 5.59. The van der Waals surface area contributed by atoms with Crippen LogP contribution in [-0.4, -0.2) is 64.1 Å². The molecule has 1 N–H and O–H groups in total. The Morgan fingerprint density at radius 1 is 0.950 bits per heavy atom. The van der Waals surface area contributed by atoms with Crippen LogP contribution in [0.15, 0.2) is 0 Å². The maximum absolute atomic E-state index is 5.45. The summed E-state index contributed by atoms with van der Waals surface area (Å²) in [5.74, 6) is 0.926. The molecule has 0 aliphatic heterocycles. The minimum atomic E-state index is 0.805. The highest BCUT2D eigenvalue weighted by Crippen LogP contribution is 2.23. The van der Waals surface area contributed by atoms with Crippen LogP contribution < -0.4 is 5.32 Å². The molecule has 120 valence electrons. The van der Waals surface area contributed by atoms with Gasteiger partial charge in [-0.25, -0.2) is 0 Å². The molecule has 4 heteroatoms. The van der Waals surface area contributed by atoms with E-state index >= 15 is 0 Å². The summed E-state index contributed by atoms with van der Waals surface area (Å²) in [4.78, 5) is 2.44. The van der Waals surface area contributed by atoms with Crippen molar-refractivity contribution in [3.05, 3.63) is 0 Å². The van der Waals surface area contributed by atoms with E-state index in [4.69, 9.17) is 9.47 Å². The number of rotatable bonds is 13. The van der Waals surface area contributed by atoms with Crippen molar-refractivity contribution in [1.82, 2.24) is 10.2 Å². The van der Waals surface area contributed by atoms with Crippen molar-refractivity contribution in [2.75, 3.05) is 59.2 Å². The van der Waals surface area contributed by atoms with Crippen LogP contribution in [0.2, 0.25) is 0 Å². The van der Waals surface area contributed by atoms with Crippen molar-refractivity contribution in [3.63, 3.8) is 0 Å². The summed E-state index contributed by atoms with van der Waals surface area (Å²) in [7, 11) is 0. The van der Waals surface area contributed by atoms with E-state index in [0.29, 0.717) is 0 Å². The van der Waals surface area contributed by atoms with Gasteiger partial charge in [-0.2, -0.15) is 0 Å². The Balaban J connectivity index is 2.06. The molecule has 0 aromatic carbocycles. The van der Waals surface area contributed by atoms with E-state index in [1.54, 1.807) is 0 Å². The summed E-state index contributed by atoms with van der Waals surface area (Å²) >= 11 is 0. The average Bonchev–Trinajstić information content (AvgIpc) is 2.96. The number of nitrogens with zero attached hydrogens (tertiary/aromatic N) is 1. The monoisotopic (exact) mass is 286 g/mol. The van der Waals surface area contributed by atoms with Crippen LogP contribution in [0.4, 0.5) is 0 Å². The van der Waals surface area contributed by atoms with Gasteiger partial charge >= 0.3 is 0 Å². The van der Waals surface area contributed by atoms with Gasteiger partial charge < -0.3 is 14.8 Å². The zero-order chi connectivity index (χ0) is 14.5. The van der Waals surface area contributed by atoms with Crippen LogP contribution >= 0.6 is 0 Å². The molecular weight excluding hydrogens is 252 g/mol. The van der Waals surface area contributed by atoms with Gasteiger partial charge in [0, 0.05) is 39.4 Å². The van der Waals surface area contributed by atoms with E-state index in [1.807, 2.05) is 13.8 Å². The van der Waals surface area contributed by atoms with Gasteiger partial charge in [-0.3, -0.25) is 4.90 Å². The Morgan fingerprint density at radius 3 is 2.10 bits per heavy atom. The predicted molar refractivity (Wildman–Crippen MR) is 84.3 cm³/mol. The van der Waals surface area contributed by atoms with Gasteiger partial charge in [0.25, 0.3) is 0 Å². The standard InChI is InChI=1S/C16H34N2O2/c1-3-19-13-11-18(12-14-20-4-2)10-9-17-15-16-7-5-6-8-16/h16-17H,3-15H2,1-2H3. The number of nitrogens with one attached hydrogen (secondary N) is 1. The molecule has 1 rings (SSSR count). The molecule has 0 radical (unpaired) electrons. The summed E-state index contributed by atoms with van der Waals surface area (Å²) in [6.07, 6.45) is 5.71. The van der Waals surface area contributed by atoms with Crippen LogP contribution in [0.25, 0.3) is 0 Å². The van der Waals surface area contributed by atoms with E-state index in [2.05, 4.69) is 10.2 Å². The Labute approximate surface area is 125 Å². The SMILES string of the molecule is CCOCCN(CCNCC1CCCC1)CCOCC. The lowest BCUT2D eigenvalue weighted by molar-refractivity contribution is 0.0831. The highest BCUT2D eigenvalue weighted by atomic mass is 16.5. The number of ether oxygens (including phenoxy) is 2. The average molecular weight is 286 g/mol. The maximum Gasteiger partial charge on any atom is 0.0593 e. The molecule has 1 aliphatic rings. The molecule has 0 spiro atoms. The van der Waals surface area contributed by atoms with Gasteiger partial charge in [0.05, 0.1) is 13.2 Å². The molecular formula is C16H34N2O2. The maximum atomic E-state index is 5.45. The molecule has 1 fully saturated rings. The summed E-state index contributed by atoms with van der Waals surface area (Å²) in [5, 5.41) is 3.62. The van der Waals surface area contributed by atoms with Crippen molar-refractivity contribution >= 4 is 0 Å². The first-order chi connectivity index (χ1) is 9.86. The molecule has 0 heterocycles. The van der Waals surface area contributed by atoms with E-state index in [1.165, 1.54) is 32.2 Å². The fraction of sp³-hybridized carbons (Fsp3) is 1.00. The lowest BCUT2D eigenvalue weighted by atomic mass is 10.1. The fourth-order valence-corrected chi connectivity index (χ4v) is 2.77. The minimum Gasteiger partial charge on any atom is -0.380 e. The first kappa shape index (κ1) is 17.9. The molecule has 0 atom stereocenters. The normalized spacial score (nSPS) is 16.4. The molecule has 0 aromatic heterocycles. The molecule has 1 saturated carbocycles. The second kappa shape index (κ2) is 12.6. The zero-order valence-corrected chi connectivity index (χ0v) is 13.5. The van der Waals surface area contributed by atoms with Crippen LogP contribution in [0.3, 0.4) is 0 Å². The fourth-order valence-electron chi connectivity index (χ4n) is 2.77. The number of hydrogen-bond acceptors (Lipinski definition) is 4. The van der Waals surface area contributed by atoms with Gasteiger partial charge in [-0.15, -0.1) is 0 Å². The molecule has 0 aromatic rings. The third kappa shape index (κ3) is 8.90. The number of hydrogen-bond donors (Lipinski definition) is 1.